The number of nitrogens with two attached hydrogens (primary N) is 1. The van der Waals surface area contributed by atoms with Crippen molar-refractivity contribution in [3.63, 3.8) is 0 Å². The zero-order chi connectivity index (χ0) is 13.0. The van der Waals surface area contributed by atoms with Crippen LogP contribution in [0, 0.1) is 11.3 Å². The van der Waals surface area contributed by atoms with Gasteiger partial charge >= 0.3 is 0 Å². The van der Waals surface area contributed by atoms with Gasteiger partial charge < -0.3 is 10.2 Å². The van der Waals surface area contributed by atoms with E-state index in [2.05, 4.69) is 10.2 Å². The van der Waals surface area contributed by atoms with Gasteiger partial charge in [-0.05, 0) is 18.2 Å². The van der Waals surface area contributed by atoms with Gasteiger partial charge in [0, 0.05) is 5.56 Å². The summed E-state index contributed by atoms with van der Waals surface area (Å²) in [5.74, 6) is -0.0647. The molecule has 0 aliphatic rings. The van der Waals surface area contributed by atoms with Crippen molar-refractivity contribution in [2.24, 2.45) is 5.73 Å². The van der Waals surface area contributed by atoms with Crippen molar-refractivity contribution in [2.75, 3.05) is 5.75 Å². The zero-order valence-electron chi connectivity index (χ0n) is 9.16. The summed E-state index contributed by atoms with van der Waals surface area (Å²) in [4.78, 5) is 10.6. The summed E-state index contributed by atoms with van der Waals surface area (Å²) in [6.07, 6.45) is 0. The molecular weight excluding hydrogens is 252 g/mol. The lowest BCUT2D eigenvalue weighted by atomic mass is 10.1. The molecule has 1 heterocycles. The first-order valence-electron chi connectivity index (χ1n) is 4.94. The van der Waals surface area contributed by atoms with E-state index >= 15 is 0 Å². The Bertz CT molecular complexity index is 618. The second kappa shape index (κ2) is 5.33. The van der Waals surface area contributed by atoms with E-state index in [0.717, 1.165) is 11.8 Å². The number of amides is 1. The summed E-state index contributed by atoms with van der Waals surface area (Å²) >= 11 is 1.07. The molecule has 2 N–H and O–H groups in total. The first-order valence-corrected chi connectivity index (χ1v) is 5.93. The maximum atomic E-state index is 10.6. The van der Waals surface area contributed by atoms with Crippen LogP contribution in [0.3, 0.4) is 0 Å². The Morgan fingerprint density at radius 2 is 2.33 bits per heavy atom. The molecular formula is C11H8N4O2S. The van der Waals surface area contributed by atoms with Gasteiger partial charge in [0.15, 0.2) is 0 Å². The van der Waals surface area contributed by atoms with Gasteiger partial charge in [-0.2, -0.15) is 5.26 Å². The Morgan fingerprint density at radius 1 is 1.50 bits per heavy atom. The van der Waals surface area contributed by atoms with E-state index < -0.39 is 5.91 Å². The monoisotopic (exact) mass is 260 g/mol. The van der Waals surface area contributed by atoms with Crippen molar-refractivity contribution < 1.29 is 9.21 Å². The predicted molar refractivity (Wildman–Crippen MR) is 64.4 cm³/mol. The van der Waals surface area contributed by atoms with Crippen LogP contribution in [0.4, 0.5) is 0 Å². The molecule has 0 radical (unpaired) electrons. The Morgan fingerprint density at radius 3 is 3.06 bits per heavy atom. The maximum absolute atomic E-state index is 10.6. The average molecular weight is 260 g/mol. The quantitative estimate of drug-likeness (QED) is 0.827. The minimum absolute atomic E-state index is 0.0832. The molecule has 0 unspecified atom stereocenters. The molecule has 1 aromatic carbocycles. The lowest BCUT2D eigenvalue weighted by Gasteiger charge is -1.94. The van der Waals surface area contributed by atoms with Crippen molar-refractivity contribution in [3.8, 4) is 17.5 Å². The summed E-state index contributed by atoms with van der Waals surface area (Å²) in [5.41, 5.74) is 6.18. The van der Waals surface area contributed by atoms with E-state index in [0.29, 0.717) is 17.0 Å². The summed E-state index contributed by atoms with van der Waals surface area (Å²) in [5, 5.41) is 16.7. The molecule has 0 saturated heterocycles. The molecule has 1 aromatic heterocycles. The first-order chi connectivity index (χ1) is 8.69. The molecule has 0 aliphatic heterocycles. The van der Waals surface area contributed by atoms with Crippen LogP contribution in [-0.2, 0) is 4.79 Å². The molecule has 1 amide bonds. The van der Waals surface area contributed by atoms with Gasteiger partial charge in [0.25, 0.3) is 5.22 Å². The summed E-state index contributed by atoms with van der Waals surface area (Å²) in [6.45, 7) is 0. The second-order valence-electron chi connectivity index (χ2n) is 3.32. The molecule has 18 heavy (non-hydrogen) atoms. The molecule has 0 bridgehead atoms. The minimum Gasteiger partial charge on any atom is -0.411 e. The average Bonchev–Trinajstić information content (AvgIpc) is 2.85. The third-order valence-electron chi connectivity index (χ3n) is 1.98. The molecule has 0 aliphatic carbocycles. The van der Waals surface area contributed by atoms with Crippen molar-refractivity contribution in [1.29, 1.82) is 5.26 Å². The molecule has 2 rings (SSSR count). The summed E-state index contributed by atoms with van der Waals surface area (Å²) in [7, 11) is 0. The van der Waals surface area contributed by atoms with Crippen LogP contribution in [0.1, 0.15) is 5.56 Å². The van der Waals surface area contributed by atoms with Crippen LogP contribution in [-0.4, -0.2) is 21.9 Å². The van der Waals surface area contributed by atoms with Crippen LogP contribution in [0.25, 0.3) is 11.5 Å². The number of hydrogen-bond acceptors (Lipinski definition) is 6. The van der Waals surface area contributed by atoms with E-state index in [1.165, 1.54) is 0 Å². The number of thioether (sulfide) groups is 1. The molecule has 0 fully saturated rings. The lowest BCUT2D eigenvalue weighted by molar-refractivity contribution is -0.115. The zero-order valence-corrected chi connectivity index (χ0v) is 9.98. The molecule has 0 atom stereocenters. The van der Waals surface area contributed by atoms with Gasteiger partial charge in [-0.1, -0.05) is 17.8 Å². The highest BCUT2D eigenvalue weighted by Gasteiger charge is 2.10. The lowest BCUT2D eigenvalue weighted by Crippen LogP contribution is -2.12. The number of aromatic nitrogens is 2. The SMILES string of the molecule is N#Cc1cccc(-c2nnc(SCC(N)=O)o2)c1. The Hall–Kier alpha value is -2.33. The standard InChI is InChI=1S/C11H8N4O2S/c12-5-7-2-1-3-8(4-7)10-14-15-11(17-10)18-6-9(13)16/h1-4H,6H2,(H2,13,16). The Balaban J connectivity index is 2.19. The molecule has 0 saturated carbocycles. The van der Waals surface area contributed by atoms with Crippen molar-refractivity contribution >= 4 is 17.7 Å². The number of rotatable bonds is 4. The number of nitriles is 1. The fourth-order valence-corrected chi connectivity index (χ4v) is 1.74. The van der Waals surface area contributed by atoms with Gasteiger partial charge in [0.05, 0.1) is 17.4 Å². The van der Waals surface area contributed by atoms with Crippen LogP contribution < -0.4 is 5.73 Å². The van der Waals surface area contributed by atoms with Crippen molar-refractivity contribution in [2.45, 2.75) is 5.22 Å². The summed E-state index contributed by atoms with van der Waals surface area (Å²) < 4.78 is 5.34. The third kappa shape index (κ3) is 2.87. The highest BCUT2D eigenvalue weighted by molar-refractivity contribution is 7.99. The third-order valence-corrected chi connectivity index (χ3v) is 2.82. The van der Waals surface area contributed by atoms with Gasteiger partial charge in [-0.15, -0.1) is 10.2 Å². The molecule has 0 spiro atoms. The van der Waals surface area contributed by atoms with Crippen molar-refractivity contribution in [1.82, 2.24) is 10.2 Å². The highest BCUT2D eigenvalue weighted by atomic mass is 32.2. The van der Waals surface area contributed by atoms with Crippen LogP contribution in [0.5, 0.6) is 0 Å². The number of primary amides is 1. The number of carbonyl (C=O) groups is 1. The molecule has 90 valence electrons. The van der Waals surface area contributed by atoms with E-state index in [1.807, 2.05) is 6.07 Å². The minimum atomic E-state index is -0.453. The number of nitrogens with zero attached hydrogens (tertiary/aromatic N) is 3. The Kier molecular flexibility index (Phi) is 3.60. The smallest absolute Gasteiger partial charge is 0.277 e. The number of hydrogen-bond donors (Lipinski definition) is 1. The second-order valence-corrected chi connectivity index (χ2v) is 4.25. The van der Waals surface area contributed by atoms with Crippen molar-refractivity contribution in [3.05, 3.63) is 29.8 Å². The van der Waals surface area contributed by atoms with Crippen LogP contribution in [0.15, 0.2) is 33.9 Å². The largest absolute Gasteiger partial charge is 0.411 e. The van der Waals surface area contributed by atoms with Gasteiger partial charge in [0.1, 0.15) is 0 Å². The first kappa shape index (κ1) is 12.1. The van der Waals surface area contributed by atoms with Gasteiger partial charge in [-0.25, -0.2) is 0 Å². The van der Waals surface area contributed by atoms with E-state index in [9.17, 15) is 4.79 Å². The van der Waals surface area contributed by atoms with E-state index in [1.54, 1.807) is 24.3 Å². The van der Waals surface area contributed by atoms with Crippen LogP contribution >= 0.6 is 11.8 Å². The number of carbonyl (C=O) groups excluding carboxylic acids is 1. The maximum Gasteiger partial charge on any atom is 0.277 e. The normalized spacial score (nSPS) is 9.94. The fraction of sp³-hybridized carbons (Fsp3) is 0.0909. The van der Waals surface area contributed by atoms with Crippen LogP contribution in [0.2, 0.25) is 0 Å². The summed E-state index contributed by atoms with van der Waals surface area (Å²) in [6, 6.07) is 8.85. The Labute approximate surface area is 107 Å². The van der Waals surface area contributed by atoms with Gasteiger partial charge in [-0.3, -0.25) is 4.79 Å². The molecule has 6 nitrogen and oxygen atoms in total. The molecule has 7 heteroatoms. The van der Waals surface area contributed by atoms with E-state index in [4.69, 9.17) is 15.4 Å². The fourth-order valence-electron chi connectivity index (χ4n) is 1.24. The predicted octanol–water partition coefficient (Wildman–Crippen LogP) is 1.19. The van der Waals surface area contributed by atoms with Gasteiger partial charge in [0.2, 0.25) is 11.8 Å². The van der Waals surface area contributed by atoms with E-state index in [-0.39, 0.29) is 11.0 Å². The molecule has 2 aromatic rings. The highest BCUT2D eigenvalue weighted by Crippen LogP contribution is 2.23. The topological polar surface area (TPSA) is 106 Å². The number of benzene rings is 1.